The van der Waals surface area contributed by atoms with Crippen LogP contribution >= 0.6 is 23.4 Å². The Morgan fingerprint density at radius 3 is 2.75 bits per heavy atom. The third-order valence-electron chi connectivity index (χ3n) is 4.59. The van der Waals surface area contributed by atoms with Crippen LogP contribution in [0.1, 0.15) is 17.5 Å². The van der Waals surface area contributed by atoms with Crippen LogP contribution < -0.4 is 5.32 Å². The molecule has 28 heavy (non-hydrogen) atoms. The van der Waals surface area contributed by atoms with Crippen molar-refractivity contribution < 1.29 is 4.79 Å². The molecule has 142 valence electrons. The van der Waals surface area contributed by atoms with Crippen LogP contribution in [-0.4, -0.2) is 26.3 Å². The Morgan fingerprint density at radius 2 is 1.93 bits per heavy atom. The van der Waals surface area contributed by atoms with Crippen LogP contribution in [0.5, 0.6) is 0 Å². The highest BCUT2D eigenvalue weighted by Gasteiger charge is 2.12. The first-order chi connectivity index (χ1) is 13.5. The fraction of sp³-hybridized carbons (Fsp3) is 0.190. The summed E-state index contributed by atoms with van der Waals surface area (Å²) in [6.45, 7) is 4.00. The number of anilines is 1. The number of hydrogen-bond acceptors (Lipinski definition) is 4. The summed E-state index contributed by atoms with van der Waals surface area (Å²) < 4.78 is 2.05. The fourth-order valence-electron chi connectivity index (χ4n) is 3.10. The topological polar surface area (TPSA) is 59.3 Å². The Hall–Kier alpha value is -2.57. The molecule has 7 heteroatoms. The Bertz CT molecular complexity index is 1190. The molecule has 1 amide bonds. The maximum Gasteiger partial charge on any atom is 0.225 e. The molecule has 2 aromatic heterocycles. The summed E-state index contributed by atoms with van der Waals surface area (Å²) in [5.41, 5.74) is 4.75. The molecule has 0 spiro atoms. The van der Waals surface area contributed by atoms with Gasteiger partial charge in [-0.1, -0.05) is 47.6 Å². The number of nitrogens with one attached hydrogen (secondary N) is 1. The molecule has 1 N–H and O–H groups in total. The van der Waals surface area contributed by atoms with E-state index in [4.69, 9.17) is 11.6 Å². The van der Waals surface area contributed by atoms with Crippen molar-refractivity contribution in [2.75, 3.05) is 11.1 Å². The van der Waals surface area contributed by atoms with E-state index in [2.05, 4.69) is 34.6 Å². The fourth-order valence-corrected chi connectivity index (χ4v) is 4.17. The van der Waals surface area contributed by atoms with Crippen molar-refractivity contribution >= 4 is 51.5 Å². The largest absolute Gasteiger partial charge is 0.326 e. The van der Waals surface area contributed by atoms with E-state index in [1.54, 1.807) is 6.07 Å². The van der Waals surface area contributed by atoms with Crippen molar-refractivity contribution in [3.8, 4) is 0 Å². The Morgan fingerprint density at radius 1 is 1.11 bits per heavy atom. The number of aromatic nitrogens is 3. The number of para-hydroxylation sites is 1. The molecular formula is C21H19ClN4OS. The van der Waals surface area contributed by atoms with E-state index in [1.165, 1.54) is 22.7 Å². The van der Waals surface area contributed by atoms with E-state index in [0.717, 1.165) is 21.9 Å². The lowest BCUT2D eigenvalue weighted by Gasteiger charge is -2.08. The monoisotopic (exact) mass is 410 g/mol. The van der Waals surface area contributed by atoms with Gasteiger partial charge in [-0.25, -0.2) is 0 Å². The average molecular weight is 411 g/mol. The molecule has 2 aromatic carbocycles. The molecule has 5 nitrogen and oxygen atoms in total. The predicted octanol–water partition coefficient (Wildman–Crippen LogP) is 5.27. The van der Waals surface area contributed by atoms with Crippen molar-refractivity contribution in [1.82, 2.24) is 14.6 Å². The van der Waals surface area contributed by atoms with Crippen molar-refractivity contribution in [3.63, 3.8) is 0 Å². The van der Waals surface area contributed by atoms with Crippen LogP contribution in [0.25, 0.3) is 16.6 Å². The first-order valence-electron chi connectivity index (χ1n) is 8.95. The minimum absolute atomic E-state index is 0.0538. The molecule has 0 fully saturated rings. The molecule has 4 aromatic rings. The molecule has 4 rings (SSSR count). The van der Waals surface area contributed by atoms with E-state index in [0.29, 0.717) is 22.9 Å². The number of halogens is 1. The van der Waals surface area contributed by atoms with E-state index in [9.17, 15) is 4.79 Å². The molecule has 0 saturated heterocycles. The first-order valence-corrected chi connectivity index (χ1v) is 10.3. The molecule has 0 bridgehead atoms. The smallest absolute Gasteiger partial charge is 0.225 e. The molecule has 0 aliphatic rings. The number of fused-ring (bicyclic) bond motifs is 3. The third kappa shape index (κ3) is 3.70. The van der Waals surface area contributed by atoms with Crippen molar-refractivity contribution in [3.05, 3.63) is 64.7 Å². The summed E-state index contributed by atoms with van der Waals surface area (Å²) in [6.07, 6.45) is 0.370. The Balaban J connectivity index is 1.46. The molecule has 0 saturated carbocycles. The van der Waals surface area contributed by atoms with Crippen molar-refractivity contribution in [1.29, 1.82) is 0 Å². The minimum atomic E-state index is -0.0538. The van der Waals surface area contributed by atoms with Gasteiger partial charge in [-0.15, -0.1) is 10.2 Å². The maximum absolute atomic E-state index is 12.2. The molecule has 0 radical (unpaired) electrons. The van der Waals surface area contributed by atoms with E-state index >= 15 is 0 Å². The number of hydrogen-bond donors (Lipinski definition) is 1. The lowest BCUT2D eigenvalue weighted by atomic mass is 10.1. The normalized spacial score (nSPS) is 11.2. The quantitative estimate of drug-likeness (QED) is 0.455. The molecular weight excluding hydrogens is 392 g/mol. The number of carbonyl (C=O) groups excluding carboxylic acids is 1. The summed E-state index contributed by atoms with van der Waals surface area (Å²) in [5.74, 6) is 0.552. The van der Waals surface area contributed by atoms with Gasteiger partial charge >= 0.3 is 0 Å². The van der Waals surface area contributed by atoms with Gasteiger partial charge in [0.05, 0.1) is 5.52 Å². The highest BCUT2D eigenvalue weighted by Crippen LogP contribution is 2.26. The van der Waals surface area contributed by atoms with Gasteiger partial charge in [0.15, 0.2) is 10.8 Å². The summed E-state index contributed by atoms with van der Waals surface area (Å²) in [7, 11) is 0. The summed E-state index contributed by atoms with van der Waals surface area (Å²) in [4.78, 5) is 12.2. The molecule has 0 aliphatic carbocycles. The molecule has 0 aliphatic heterocycles. The van der Waals surface area contributed by atoms with E-state index < -0.39 is 0 Å². The number of thioether (sulfide) groups is 1. The SMILES string of the molecule is Cc1ccc(NC(=O)CCSc2nnc3cc(C)c4ccccc4n23)cc1Cl. The van der Waals surface area contributed by atoms with Crippen LogP contribution in [0.15, 0.2) is 53.7 Å². The van der Waals surface area contributed by atoms with Crippen LogP contribution in [0.2, 0.25) is 5.02 Å². The second-order valence-electron chi connectivity index (χ2n) is 6.63. The number of pyridine rings is 1. The van der Waals surface area contributed by atoms with Crippen LogP contribution in [0.4, 0.5) is 5.69 Å². The van der Waals surface area contributed by atoms with E-state index in [-0.39, 0.29) is 5.91 Å². The zero-order valence-corrected chi connectivity index (χ0v) is 17.1. The number of aryl methyl sites for hydroxylation is 2. The van der Waals surface area contributed by atoms with Gasteiger partial charge in [0.25, 0.3) is 0 Å². The van der Waals surface area contributed by atoms with Gasteiger partial charge in [0.2, 0.25) is 5.91 Å². The molecule has 0 atom stereocenters. The minimum Gasteiger partial charge on any atom is -0.326 e. The van der Waals surface area contributed by atoms with E-state index in [1.807, 2.05) is 41.7 Å². The maximum atomic E-state index is 12.2. The standard InChI is InChI=1S/C21H19ClN4OS/c1-13-7-8-15(12-17(13)22)23-20(27)9-10-28-21-25-24-19-11-14(2)16-5-3-4-6-18(16)26(19)21/h3-8,11-12H,9-10H2,1-2H3,(H,23,27). The van der Waals surface area contributed by atoms with Crippen LogP contribution in [-0.2, 0) is 4.79 Å². The summed E-state index contributed by atoms with van der Waals surface area (Å²) >= 11 is 7.63. The number of amides is 1. The lowest BCUT2D eigenvalue weighted by molar-refractivity contribution is -0.115. The van der Waals surface area contributed by atoms with Crippen molar-refractivity contribution in [2.24, 2.45) is 0 Å². The average Bonchev–Trinajstić information content (AvgIpc) is 3.08. The van der Waals surface area contributed by atoms with Gasteiger partial charge in [-0.2, -0.15) is 0 Å². The third-order valence-corrected chi connectivity index (χ3v) is 5.93. The van der Waals surface area contributed by atoms with Gasteiger partial charge < -0.3 is 5.32 Å². The second kappa shape index (κ2) is 7.81. The highest BCUT2D eigenvalue weighted by atomic mass is 35.5. The van der Waals surface area contributed by atoms with Gasteiger partial charge in [-0.05, 0) is 49.2 Å². The van der Waals surface area contributed by atoms with Crippen molar-refractivity contribution in [2.45, 2.75) is 25.4 Å². The van der Waals surface area contributed by atoms with Crippen LogP contribution in [0.3, 0.4) is 0 Å². The molecule has 2 heterocycles. The lowest BCUT2D eigenvalue weighted by Crippen LogP contribution is -2.12. The second-order valence-corrected chi connectivity index (χ2v) is 8.10. The number of nitrogens with zero attached hydrogens (tertiary/aromatic N) is 3. The highest BCUT2D eigenvalue weighted by molar-refractivity contribution is 7.99. The summed E-state index contributed by atoms with van der Waals surface area (Å²) in [6, 6.07) is 15.7. The summed E-state index contributed by atoms with van der Waals surface area (Å²) in [5, 5.41) is 14.1. The number of rotatable bonds is 5. The Labute approximate surface area is 172 Å². The molecule has 0 unspecified atom stereocenters. The Kier molecular flexibility index (Phi) is 5.24. The zero-order valence-electron chi connectivity index (χ0n) is 15.6. The predicted molar refractivity (Wildman–Crippen MR) is 115 cm³/mol. The van der Waals surface area contributed by atoms with Gasteiger partial charge in [0.1, 0.15) is 0 Å². The van der Waals surface area contributed by atoms with Gasteiger partial charge in [-0.3, -0.25) is 9.20 Å². The zero-order chi connectivity index (χ0) is 19.7. The first kappa shape index (κ1) is 18.8. The van der Waals surface area contributed by atoms with Gasteiger partial charge in [0, 0.05) is 28.3 Å². The number of benzene rings is 2. The van der Waals surface area contributed by atoms with Crippen LogP contribution in [0, 0.1) is 13.8 Å². The number of carbonyl (C=O) groups is 1.